The van der Waals surface area contributed by atoms with Crippen LogP contribution in [0.2, 0.25) is 0 Å². The van der Waals surface area contributed by atoms with Crippen molar-refractivity contribution in [3.8, 4) is 0 Å². The summed E-state index contributed by atoms with van der Waals surface area (Å²) in [6.45, 7) is 3.17. The molecule has 4 aliphatic rings. The maximum atomic E-state index is 13.4. The second kappa shape index (κ2) is 22.4. The van der Waals surface area contributed by atoms with Crippen LogP contribution in [0.4, 0.5) is 26.3 Å². The Bertz CT molecular complexity index is 2450. The Balaban J connectivity index is 0.000000206. The molecule has 0 radical (unpaired) electrons. The summed E-state index contributed by atoms with van der Waals surface area (Å²) >= 11 is 0. The number of carbonyl (C=O) groups excluding carboxylic acids is 2. The number of halogens is 6. The van der Waals surface area contributed by atoms with E-state index in [-0.39, 0.29) is 62.3 Å². The minimum absolute atomic E-state index is 0.125. The number of carbonyl (C=O) groups is 2. The number of nitrogens with one attached hydrogen (secondary N) is 2. The summed E-state index contributed by atoms with van der Waals surface area (Å²) in [5, 5.41) is 26.3. The number of hydrogen-bond donors (Lipinski definition) is 4. The molecule has 4 N–H and O–H groups in total. The van der Waals surface area contributed by atoms with Crippen molar-refractivity contribution in [3.05, 3.63) is 140 Å². The zero-order valence-electron chi connectivity index (χ0n) is 38.8. The normalized spacial score (nSPS) is 24.0. The molecule has 4 bridgehead atoms. The van der Waals surface area contributed by atoms with Crippen LogP contribution < -0.4 is 21.8 Å². The van der Waals surface area contributed by atoms with Crippen LogP contribution in [0, 0.1) is 23.7 Å². The minimum Gasteiger partial charge on any atom is -0.396 e. The lowest BCUT2D eigenvalue weighted by Gasteiger charge is -2.38. The summed E-state index contributed by atoms with van der Waals surface area (Å²) in [4.78, 5) is 64.2. The van der Waals surface area contributed by atoms with Crippen molar-refractivity contribution >= 4 is 24.0 Å². The Morgan fingerprint density at radius 1 is 0.629 bits per heavy atom. The van der Waals surface area contributed by atoms with E-state index >= 15 is 0 Å². The first-order valence-corrected chi connectivity index (χ1v) is 23.4. The molecule has 0 saturated carbocycles. The summed E-state index contributed by atoms with van der Waals surface area (Å²) < 4.78 is 81.9. The molecule has 0 aromatic carbocycles. The fourth-order valence-electron chi connectivity index (χ4n) is 10.8. The average Bonchev–Trinajstić information content (AvgIpc) is 3.69. The lowest BCUT2D eigenvalue weighted by molar-refractivity contribution is -0.141. The molecule has 0 unspecified atom stereocenters. The highest BCUT2D eigenvalue weighted by Gasteiger charge is 2.57. The Morgan fingerprint density at radius 2 is 1.00 bits per heavy atom. The number of amides is 2. The third-order valence-electron chi connectivity index (χ3n) is 13.9. The van der Waals surface area contributed by atoms with Crippen LogP contribution in [0.1, 0.15) is 72.4 Å². The zero-order valence-corrected chi connectivity index (χ0v) is 38.8. The van der Waals surface area contributed by atoms with E-state index in [9.17, 15) is 55.7 Å². The number of hydrogen-bond acceptors (Lipinski definition) is 10. The fraction of sp³-hybridized carbons (Fsp3) is 0.480. The van der Waals surface area contributed by atoms with Crippen LogP contribution >= 0.6 is 0 Å². The van der Waals surface area contributed by atoms with Crippen LogP contribution in [0.3, 0.4) is 0 Å². The summed E-state index contributed by atoms with van der Waals surface area (Å²) in [7, 11) is 0. The number of alkyl halides is 6. The standard InChI is InChI=1S/2C25H29F3N4O3/c2*1-2-3-17-4-5-19-22-21(23(34)30-12-8-16-6-10-29-11-7-16)18(15-33)20(14-32(19)24(17)35)31(22)13-9-25(26,27)28/h2*2-7,10-11,18,20-22,33H,8-9,12-15H2,1H3,(H,30,34)/b3-2+;3-2-/t2*18-,20-,21+,22+/m11/s1. The molecule has 70 heavy (non-hydrogen) atoms. The van der Waals surface area contributed by atoms with Gasteiger partial charge >= 0.3 is 12.4 Å². The first kappa shape index (κ1) is 51.9. The number of allylic oxidation sites excluding steroid dienone is 2. The van der Waals surface area contributed by atoms with Gasteiger partial charge in [-0.05, 0) is 86.3 Å². The minimum atomic E-state index is -4.36. The van der Waals surface area contributed by atoms with Crippen LogP contribution in [-0.2, 0) is 35.5 Å². The molecule has 0 aliphatic carbocycles. The average molecular weight is 981 g/mol. The number of rotatable bonds is 16. The second-order valence-corrected chi connectivity index (χ2v) is 18.0. The van der Waals surface area contributed by atoms with Gasteiger partial charge in [0.15, 0.2) is 0 Å². The van der Waals surface area contributed by atoms with Gasteiger partial charge in [0, 0.05) is 124 Å². The molecule has 376 valence electrons. The predicted molar refractivity (Wildman–Crippen MR) is 249 cm³/mol. The lowest BCUT2D eigenvalue weighted by atomic mass is 9.86. The fourth-order valence-corrected chi connectivity index (χ4v) is 10.8. The molecule has 8 heterocycles. The molecule has 20 heteroatoms. The van der Waals surface area contributed by atoms with Gasteiger partial charge in [0.2, 0.25) is 11.8 Å². The van der Waals surface area contributed by atoms with E-state index in [2.05, 4.69) is 20.6 Å². The van der Waals surface area contributed by atoms with Crippen molar-refractivity contribution in [1.82, 2.24) is 39.5 Å². The summed E-state index contributed by atoms with van der Waals surface area (Å²) in [5.74, 6) is -3.42. The third kappa shape index (κ3) is 11.5. The van der Waals surface area contributed by atoms with Gasteiger partial charge < -0.3 is 30.0 Å². The number of aliphatic hydroxyl groups excluding tert-OH is 2. The van der Waals surface area contributed by atoms with Crippen molar-refractivity contribution < 1.29 is 46.1 Å². The van der Waals surface area contributed by atoms with E-state index in [1.165, 1.54) is 0 Å². The molecule has 4 aliphatic heterocycles. The second-order valence-electron chi connectivity index (χ2n) is 18.0. The van der Waals surface area contributed by atoms with E-state index in [1.54, 1.807) is 106 Å². The van der Waals surface area contributed by atoms with E-state index in [1.807, 2.05) is 24.3 Å². The van der Waals surface area contributed by atoms with Gasteiger partial charge in [-0.25, -0.2) is 0 Å². The number of fused-ring (bicyclic) bond motifs is 8. The van der Waals surface area contributed by atoms with E-state index in [0.29, 0.717) is 48.4 Å². The van der Waals surface area contributed by atoms with E-state index in [0.717, 1.165) is 11.1 Å². The Kier molecular flexibility index (Phi) is 16.6. The summed E-state index contributed by atoms with van der Waals surface area (Å²) in [6.07, 6.45) is 3.85. The smallest absolute Gasteiger partial charge is 0.390 e. The molecule has 4 aromatic heterocycles. The van der Waals surface area contributed by atoms with Gasteiger partial charge in [0.05, 0.1) is 36.8 Å². The van der Waals surface area contributed by atoms with Crippen LogP contribution in [0.15, 0.2) is 95.1 Å². The van der Waals surface area contributed by atoms with Crippen molar-refractivity contribution in [2.75, 3.05) is 39.4 Å². The number of nitrogens with zero attached hydrogens (tertiary/aromatic N) is 6. The molecule has 2 fully saturated rings. The van der Waals surface area contributed by atoms with Gasteiger partial charge in [-0.2, -0.15) is 26.3 Å². The molecule has 14 nitrogen and oxygen atoms in total. The van der Waals surface area contributed by atoms with E-state index in [4.69, 9.17) is 0 Å². The first-order valence-electron chi connectivity index (χ1n) is 23.4. The van der Waals surface area contributed by atoms with Crippen molar-refractivity contribution in [2.24, 2.45) is 23.7 Å². The Morgan fingerprint density at radius 3 is 1.33 bits per heavy atom. The maximum absolute atomic E-state index is 13.4. The van der Waals surface area contributed by atoms with Gasteiger partial charge in [-0.3, -0.25) is 38.9 Å². The molecular weight excluding hydrogens is 923 g/mol. The van der Waals surface area contributed by atoms with Gasteiger partial charge in [0.1, 0.15) is 0 Å². The third-order valence-corrected chi connectivity index (χ3v) is 13.9. The molecular formula is C50H58F6N8O6. The largest absolute Gasteiger partial charge is 0.396 e. The van der Waals surface area contributed by atoms with Gasteiger partial charge in [0.25, 0.3) is 11.1 Å². The number of aliphatic hydroxyl groups is 2. The van der Waals surface area contributed by atoms with Crippen LogP contribution in [0.25, 0.3) is 12.2 Å². The van der Waals surface area contributed by atoms with Gasteiger partial charge in [-0.1, -0.05) is 24.3 Å². The van der Waals surface area contributed by atoms with Crippen LogP contribution in [0.5, 0.6) is 0 Å². The predicted octanol–water partition coefficient (Wildman–Crippen LogP) is 5.10. The topological polar surface area (TPSA) is 175 Å². The monoisotopic (exact) mass is 980 g/mol. The SMILES string of the molecule is C/C=C/c1ccc2n(c1=O)C[C@@H]1[C@@H](CO)[C@H](C(=O)NCCc3ccncc3)[C@H]2N1CCC(F)(F)F.C/C=C\c1ccc2n(c1=O)C[C@@H]1[C@@H](CO)[C@H](C(=O)NCCc3ccncc3)[C@H]2N1CCC(F)(F)F. The molecule has 2 amide bonds. The van der Waals surface area contributed by atoms with Crippen molar-refractivity contribution in [1.29, 1.82) is 0 Å². The molecule has 8 rings (SSSR count). The Labute approximate surface area is 400 Å². The van der Waals surface area contributed by atoms with E-state index < -0.39 is 73.0 Å². The summed E-state index contributed by atoms with van der Waals surface area (Å²) in [6, 6.07) is 11.5. The lowest BCUT2D eigenvalue weighted by Crippen LogP contribution is -2.47. The highest BCUT2D eigenvalue weighted by atomic mass is 19.4. The summed E-state index contributed by atoms with van der Waals surface area (Å²) in [5.41, 5.74) is 3.44. The number of aromatic nitrogens is 4. The molecule has 0 spiro atoms. The van der Waals surface area contributed by atoms with Crippen LogP contribution in [-0.4, -0.2) is 115 Å². The zero-order chi connectivity index (χ0) is 50.3. The quantitative estimate of drug-likeness (QED) is 0.111. The highest BCUT2D eigenvalue weighted by Crippen LogP contribution is 2.50. The highest BCUT2D eigenvalue weighted by molar-refractivity contribution is 5.81. The maximum Gasteiger partial charge on any atom is 0.390 e. The molecule has 2 saturated heterocycles. The first-order chi connectivity index (χ1) is 33.5. The number of pyridine rings is 4. The van der Waals surface area contributed by atoms with Gasteiger partial charge in [-0.15, -0.1) is 0 Å². The molecule has 4 aromatic rings. The van der Waals surface area contributed by atoms with Crippen molar-refractivity contribution in [2.45, 2.75) is 89.1 Å². The Hall–Kier alpha value is -5.96. The van der Waals surface area contributed by atoms with Crippen molar-refractivity contribution in [3.63, 3.8) is 0 Å². The molecule has 8 atom stereocenters.